The molecule has 0 heterocycles. The topological polar surface area (TPSA) is 57.6 Å². The maximum absolute atomic E-state index is 12.8. The lowest BCUT2D eigenvalue weighted by Gasteiger charge is -2.26. The number of hydrogen-bond donors (Lipinski definition) is 1. The van der Waals surface area contributed by atoms with Crippen molar-refractivity contribution < 1.29 is 14.7 Å². The van der Waals surface area contributed by atoms with Crippen LogP contribution in [0.3, 0.4) is 0 Å². The molecular formula is C16H21NO3. The first-order chi connectivity index (χ1) is 9.56. The van der Waals surface area contributed by atoms with E-state index in [2.05, 4.69) is 0 Å². The Balaban J connectivity index is 2.33. The van der Waals surface area contributed by atoms with E-state index in [9.17, 15) is 9.59 Å². The van der Waals surface area contributed by atoms with E-state index >= 15 is 0 Å². The van der Waals surface area contributed by atoms with E-state index in [4.69, 9.17) is 5.11 Å². The number of likely N-dealkylation sites (N-methyl/N-ethyl adjacent to an activating group) is 1. The number of carboxylic acid groups (broad SMARTS) is 1. The zero-order valence-corrected chi connectivity index (χ0v) is 12.0. The first kappa shape index (κ1) is 14.6. The number of carbonyl (C=O) groups is 2. The van der Waals surface area contributed by atoms with Crippen molar-refractivity contribution in [2.75, 3.05) is 13.1 Å². The molecule has 1 aliphatic rings. The zero-order valence-electron chi connectivity index (χ0n) is 12.0. The summed E-state index contributed by atoms with van der Waals surface area (Å²) in [6.45, 7) is 5.22. The smallest absolute Gasteiger partial charge is 0.303 e. The van der Waals surface area contributed by atoms with Crippen LogP contribution in [0.2, 0.25) is 0 Å². The normalized spacial score (nSPS) is 24.2. The lowest BCUT2D eigenvalue weighted by atomic mass is 9.90. The molecule has 1 fully saturated rings. The van der Waals surface area contributed by atoms with Crippen LogP contribution in [0.1, 0.15) is 32.3 Å². The number of aliphatic carboxylic acids is 1. The van der Waals surface area contributed by atoms with Gasteiger partial charge in [-0.1, -0.05) is 30.3 Å². The SMILES string of the molecule is CCN(CC)C(=O)C1(c2ccccc2)CC1CC(=O)O. The molecule has 4 heteroatoms. The van der Waals surface area contributed by atoms with E-state index in [1.807, 2.05) is 44.2 Å². The molecule has 1 aromatic carbocycles. The van der Waals surface area contributed by atoms with Gasteiger partial charge in [0.2, 0.25) is 5.91 Å². The van der Waals surface area contributed by atoms with E-state index in [0.29, 0.717) is 19.5 Å². The summed E-state index contributed by atoms with van der Waals surface area (Å²) in [5.41, 5.74) is 0.328. The van der Waals surface area contributed by atoms with Gasteiger partial charge in [0.1, 0.15) is 0 Å². The molecule has 0 aliphatic heterocycles. The largest absolute Gasteiger partial charge is 0.481 e. The molecule has 0 aromatic heterocycles. The summed E-state index contributed by atoms with van der Waals surface area (Å²) in [5, 5.41) is 9.01. The second-order valence-electron chi connectivity index (χ2n) is 5.31. The molecule has 20 heavy (non-hydrogen) atoms. The number of amides is 1. The lowest BCUT2D eigenvalue weighted by molar-refractivity contribution is -0.138. The van der Waals surface area contributed by atoms with Gasteiger partial charge in [-0.2, -0.15) is 0 Å². The molecule has 1 N–H and O–H groups in total. The van der Waals surface area contributed by atoms with Crippen molar-refractivity contribution in [3.05, 3.63) is 35.9 Å². The molecule has 0 bridgehead atoms. The molecule has 108 valence electrons. The molecular weight excluding hydrogens is 254 g/mol. The Morgan fingerprint density at radius 2 is 1.85 bits per heavy atom. The van der Waals surface area contributed by atoms with Crippen molar-refractivity contribution in [1.82, 2.24) is 4.90 Å². The Bertz CT molecular complexity index is 496. The summed E-state index contributed by atoms with van der Waals surface area (Å²) in [5.74, 6) is -0.851. The summed E-state index contributed by atoms with van der Waals surface area (Å²) in [4.78, 5) is 25.6. The van der Waals surface area contributed by atoms with Gasteiger partial charge >= 0.3 is 5.97 Å². The number of nitrogens with zero attached hydrogens (tertiary/aromatic N) is 1. The van der Waals surface area contributed by atoms with Crippen molar-refractivity contribution in [3.63, 3.8) is 0 Å². The molecule has 0 radical (unpaired) electrons. The quantitative estimate of drug-likeness (QED) is 0.866. The van der Waals surface area contributed by atoms with Gasteiger partial charge in [0.15, 0.2) is 0 Å². The summed E-state index contributed by atoms with van der Waals surface area (Å²) in [6.07, 6.45) is 0.695. The van der Waals surface area contributed by atoms with Gasteiger partial charge in [-0.05, 0) is 31.7 Å². The van der Waals surface area contributed by atoms with Crippen molar-refractivity contribution >= 4 is 11.9 Å². The molecule has 1 aromatic rings. The Morgan fingerprint density at radius 3 is 2.35 bits per heavy atom. The highest BCUT2D eigenvalue weighted by molar-refractivity contribution is 5.93. The van der Waals surface area contributed by atoms with Gasteiger partial charge in [-0.15, -0.1) is 0 Å². The highest BCUT2D eigenvalue weighted by Gasteiger charge is 2.62. The van der Waals surface area contributed by atoms with Gasteiger partial charge < -0.3 is 10.0 Å². The molecule has 0 saturated heterocycles. The molecule has 2 atom stereocenters. The number of carbonyl (C=O) groups excluding carboxylic acids is 1. The third-order valence-corrected chi connectivity index (χ3v) is 4.25. The first-order valence-electron chi connectivity index (χ1n) is 7.13. The Labute approximate surface area is 119 Å². The Hall–Kier alpha value is -1.84. The number of rotatable bonds is 6. The minimum atomic E-state index is -0.833. The van der Waals surface area contributed by atoms with E-state index < -0.39 is 11.4 Å². The second kappa shape index (κ2) is 5.65. The van der Waals surface area contributed by atoms with Gasteiger partial charge in [0.05, 0.1) is 5.41 Å². The second-order valence-corrected chi connectivity index (χ2v) is 5.31. The van der Waals surface area contributed by atoms with Crippen molar-refractivity contribution in [1.29, 1.82) is 0 Å². The van der Waals surface area contributed by atoms with Crippen LogP contribution < -0.4 is 0 Å². The lowest BCUT2D eigenvalue weighted by Crippen LogP contribution is -2.40. The predicted octanol–water partition coefficient (Wildman–Crippen LogP) is 2.29. The fraction of sp³-hybridized carbons (Fsp3) is 0.500. The summed E-state index contributed by atoms with van der Waals surface area (Å²) in [6, 6.07) is 9.59. The number of benzene rings is 1. The molecule has 1 saturated carbocycles. The highest BCUT2D eigenvalue weighted by atomic mass is 16.4. The summed E-state index contributed by atoms with van der Waals surface area (Å²) in [7, 11) is 0. The van der Waals surface area contributed by atoms with Crippen LogP contribution in [-0.4, -0.2) is 35.0 Å². The van der Waals surface area contributed by atoms with Crippen molar-refractivity contribution in [2.24, 2.45) is 5.92 Å². The average Bonchev–Trinajstić information content (AvgIpc) is 3.15. The van der Waals surface area contributed by atoms with Crippen LogP contribution in [0.15, 0.2) is 30.3 Å². The molecule has 2 unspecified atom stereocenters. The standard InChI is InChI=1S/C16H21NO3/c1-3-17(4-2)15(20)16(11-13(16)10-14(18)19)12-8-6-5-7-9-12/h5-9,13H,3-4,10-11H2,1-2H3,(H,18,19). The molecule has 1 aliphatic carbocycles. The predicted molar refractivity (Wildman–Crippen MR) is 76.4 cm³/mol. The third-order valence-electron chi connectivity index (χ3n) is 4.25. The van der Waals surface area contributed by atoms with Crippen LogP contribution in [0.25, 0.3) is 0 Å². The number of carboxylic acids is 1. The minimum Gasteiger partial charge on any atom is -0.481 e. The molecule has 1 amide bonds. The monoisotopic (exact) mass is 275 g/mol. The third kappa shape index (κ3) is 2.42. The van der Waals surface area contributed by atoms with Crippen LogP contribution >= 0.6 is 0 Å². The van der Waals surface area contributed by atoms with E-state index in [0.717, 1.165) is 5.56 Å². The fourth-order valence-electron chi connectivity index (χ4n) is 3.05. The zero-order chi connectivity index (χ0) is 14.8. The van der Waals surface area contributed by atoms with Crippen molar-refractivity contribution in [3.8, 4) is 0 Å². The van der Waals surface area contributed by atoms with Crippen molar-refractivity contribution in [2.45, 2.75) is 32.1 Å². The molecule has 4 nitrogen and oxygen atoms in total. The van der Waals surface area contributed by atoms with E-state index in [1.54, 1.807) is 4.90 Å². The van der Waals surface area contributed by atoms with Gasteiger partial charge in [0.25, 0.3) is 0 Å². The number of hydrogen-bond acceptors (Lipinski definition) is 2. The first-order valence-corrected chi connectivity index (χ1v) is 7.13. The van der Waals surface area contributed by atoms with Crippen LogP contribution in [0, 0.1) is 5.92 Å². The molecule has 0 spiro atoms. The summed E-state index contributed by atoms with van der Waals surface area (Å²) >= 11 is 0. The van der Waals surface area contributed by atoms with E-state index in [-0.39, 0.29) is 18.2 Å². The molecule has 2 rings (SSSR count). The highest BCUT2D eigenvalue weighted by Crippen LogP contribution is 2.57. The maximum atomic E-state index is 12.8. The van der Waals surface area contributed by atoms with Crippen LogP contribution in [0.5, 0.6) is 0 Å². The van der Waals surface area contributed by atoms with Crippen LogP contribution in [-0.2, 0) is 15.0 Å². The van der Waals surface area contributed by atoms with E-state index in [1.165, 1.54) is 0 Å². The van der Waals surface area contributed by atoms with Crippen LogP contribution in [0.4, 0.5) is 0 Å². The Kier molecular flexibility index (Phi) is 4.12. The Morgan fingerprint density at radius 1 is 1.25 bits per heavy atom. The maximum Gasteiger partial charge on any atom is 0.303 e. The minimum absolute atomic E-state index is 0.0574. The fourth-order valence-corrected chi connectivity index (χ4v) is 3.05. The van der Waals surface area contributed by atoms with Gasteiger partial charge in [-0.3, -0.25) is 9.59 Å². The van der Waals surface area contributed by atoms with Gasteiger partial charge in [-0.25, -0.2) is 0 Å². The summed E-state index contributed by atoms with van der Waals surface area (Å²) < 4.78 is 0. The average molecular weight is 275 g/mol. The van der Waals surface area contributed by atoms with Gasteiger partial charge in [0, 0.05) is 19.5 Å².